The smallest absolute Gasteiger partial charge is 0.344 e. The summed E-state index contributed by atoms with van der Waals surface area (Å²) < 4.78 is 5.39. The molecule has 0 amide bonds. The number of rotatable bonds is 7. The molecule has 27 heavy (non-hydrogen) atoms. The van der Waals surface area contributed by atoms with Crippen LogP contribution in [0.15, 0.2) is 66.9 Å². The van der Waals surface area contributed by atoms with Crippen molar-refractivity contribution in [1.82, 2.24) is 4.98 Å². The van der Waals surface area contributed by atoms with Crippen LogP contribution in [0.25, 0.3) is 11.1 Å². The third-order valence-electron chi connectivity index (χ3n) is 4.57. The molecule has 3 heteroatoms. The summed E-state index contributed by atoms with van der Waals surface area (Å²) in [6.45, 7) is 4.25. The van der Waals surface area contributed by atoms with Gasteiger partial charge in [0, 0.05) is 12.3 Å². The summed E-state index contributed by atoms with van der Waals surface area (Å²) in [6, 6.07) is 19.5. The van der Waals surface area contributed by atoms with Crippen molar-refractivity contribution in [3.63, 3.8) is 0 Å². The summed E-state index contributed by atoms with van der Waals surface area (Å²) in [5.74, 6) is -0.0569. The van der Waals surface area contributed by atoms with Crippen molar-refractivity contribution in [3.05, 3.63) is 83.6 Å². The number of aryl methyl sites for hydroxylation is 2. The van der Waals surface area contributed by atoms with Crippen molar-refractivity contribution >= 4 is 5.97 Å². The fourth-order valence-electron chi connectivity index (χ4n) is 2.90. The van der Waals surface area contributed by atoms with Gasteiger partial charge in [-0.05, 0) is 48.6 Å². The van der Waals surface area contributed by atoms with E-state index in [4.69, 9.17) is 4.74 Å². The predicted molar refractivity (Wildman–Crippen MR) is 109 cm³/mol. The van der Waals surface area contributed by atoms with Crippen molar-refractivity contribution in [3.8, 4) is 17.0 Å². The summed E-state index contributed by atoms with van der Waals surface area (Å²) in [4.78, 5) is 16.6. The first kappa shape index (κ1) is 18.8. The number of unbranched alkanes of at least 4 members (excludes halogenated alkanes) is 2. The van der Waals surface area contributed by atoms with Gasteiger partial charge in [-0.1, -0.05) is 67.8 Å². The summed E-state index contributed by atoms with van der Waals surface area (Å²) in [5.41, 5.74) is 5.11. The summed E-state index contributed by atoms with van der Waals surface area (Å²) in [5, 5.41) is 0. The minimum atomic E-state index is -0.392. The Kier molecular flexibility index (Phi) is 6.37. The van der Waals surface area contributed by atoms with Crippen molar-refractivity contribution in [2.45, 2.75) is 39.5 Å². The van der Waals surface area contributed by atoms with Gasteiger partial charge in [-0.2, -0.15) is 0 Å². The zero-order valence-electron chi connectivity index (χ0n) is 15.9. The lowest BCUT2D eigenvalue weighted by molar-refractivity contribution is 0.0727. The van der Waals surface area contributed by atoms with Crippen molar-refractivity contribution < 1.29 is 9.53 Å². The number of esters is 1. The molecular weight excluding hydrogens is 334 g/mol. The largest absolute Gasteiger partial charge is 0.404 e. The molecule has 2 aromatic carbocycles. The molecule has 0 bridgehead atoms. The van der Waals surface area contributed by atoms with Crippen molar-refractivity contribution in [2.75, 3.05) is 0 Å². The Morgan fingerprint density at radius 3 is 2.15 bits per heavy atom. The normalized spacial score (nSPS) is 10.6. The topological polar surface area (TPSA) is 39.2 Å². The van der Waals surface area contributed by atoms with E-state index in [0.717, 1.165) is 24.0 Å². The Balaban J connectivity index is 1.61. The third kappa shape index (κ3) is 5.27. The van der Waals surface area contributed by atoms with E-state index in [2.05, 4.69) is 43.1 Å². The molecule has 1 aromatic heterocycles. The maximum Gasteiger partial charge on any atom is 0.344 e. The molecule has 3 nitrogen and oxygen atoms in total. The van der Waals surface area contributed by atoms with Gasteiger partial charge in [-0.3, -0.25) is 0 Å². The second kappa shape index (κ2) is 9.13. The number of hydrogen-bond donors (Lipinski definition) is 0. The van der Waals surface area contributed by atoms with Crippen LogP contribution in [0.1, 0.15) is 47.7 Å². The molecule has 0 saturated carbocycles. The number of carbonyl (C=O) groups excluding carboxylic acids is 1. The zero-order chi connectivity index (χ0) is 19.1. The van der Waals surface area contributed by atoms with Crippen LogP contribution in [0.2, 0.25) is 0 Å². The highest BCUT2D eigenvalue weighted by Gasteiger charge is 2.10. The van der Waals surface area contributed by atoms with Crippen molar-refractivity contribution in [2.24, 2.45) is 0 Å². The molecule has 1 heterocycles. The van der Waals surface area contributed by atoms with Gasteiger partial charge in [0.2, 0.25) is 5.88 Å². The molecule has 0 spiro atoms. The van der Waals surface area contributed by atoms with E-state index in [9.17, 15) is 4.79 Å². The van der Waals surface area contributed by atoms with Crippen LogP contribution in [0.4, 0.5) is 0 Å². The second-order valence-electron chi connectivity index (χ2n) is 6.79. The molecule has 0 aliphatic carbocycles. The maximum absolute atomic E-state index is 12.3. The molecule has 0 radical (unpaired) electrons. The number of benzene rings is 2. The minimum Gasteiger partial charge on any atom is -0.404 e. The molecule has 0 saturated heterocycles. The molecule has 138 valence electrons. The number of pyridine rings is 1. The Morgan fingerprint density at radius 2 is 1.56 bits per heavy atom. The Labute approximate surface area is 161 Å². The summed E-state index contributed by atoms with van der Waals surface area (Å²) in [7, 11) is 0. The van der Waals surface area contributed by atoms with Gasteiger partial charge in [0.25, 0.3) is 0 Å². The standard InChI is InChI=1S/C24H25NO2/c1-3-4-5-6-19-9-16-23(25-17-19)27-24(26)22-14-12-21(13-15-22)20-10-7-18(2)8-11-20/h7-17H,3-6H2,1-2H3. The lowest BCUT2D eigenvalue weighted by Crippen LogP contribution is -2.09. The second-order valence-corrected chi connectivity index (χ2v) is 6.79. The van der Waals surface area contributed by atoms with Gasteiger partial charge in [0.05, 0.1) is 5.56 Å². The molecule has 0 aliphatic heterocycles. The minimum absolute atomic E-state index is 0.335. The molecule has 0 aliphatic rings. The number of hydrogen-bond acceptors (Lipinski definition) is 3. The van der Waals surface area contributed by atoms with E-state index in [0.29, 0.717) is 11.4 Å². The molecule has 0 fully saturated rings. The van der Waals surface area contributed by atoms with Crippen LogP contribution in [0.3, 0.4) is 0 Å². The van der Waals surface area contributed by atoms with E-state index in [1.165, 1.54) is 24.0 Å². The lowest BCUT2D eigenvalue weighted by Gasteiger charge is -2.06. The predicted octanol–water partition coefficient (Wildman–Crippen LogP) is 6.01. The monoisotopic (exact) mass is 359 g/mol. The Bertz CT molecular complexity index is 866. The third-order valence-corrected chi connectivity index (χ3v) is 4.57. The fourth-order valence-corrected chi connectivity index (χ4v) is 2.90. The van der Waals surface area contributed by atoms with E-state index in [-0.39, 0.29) is 0 Å². The van der Waals surface area contributed by atoms with E-state index < -0.39 is 5.97 Å². The van der Waals surface area contributed by atoms with Gasteiger partial charge in [0.1, 0.15) is 0 Å². The lowest BCUT2D eigenvalue weighted by atomic mass is 10.0. The molecular formula is C24H25NO2. The van der Waals surface area contributed by atoms with E-state index >= 15 is 0 Å². The number of aromatic nitrogens is 1. The SMILES string of the molecule is CCCCCc1ccc(OC(=O)c2ccc(-c3ccc(C)cc3)cc2)nc1. The zero-order valence-corrected chi connectivity index (χ0v) is 15.9. The van der Waals surface area contributed by atoms with Gasteiger partial charge in [0.15, 0.2) is 0 Å². The molecule has 3 rings (SSSR count). The summed E-state index contributed by atoms with van der Waals surface area (Å²) >= 11 is 0. The first-order valence-corrected chi connectivity index (χ1v) is 9.50. The maximum atomic E-state index is 12.3. The highest BCUT2D eigenvalue weighted by atomic mass is 16.5. The first-order chi connectivity index (χ1) is 13.2. The van der Waals surface area contributed by atoms with Gasteiger partial charge in [-0.25, -0.2) is 9.78 Å². The van der Waals surface area contributed by atoms with Gasteiger partial charge in [-0.15, -0.1) is 0 Å². The molecule has 0 unspecified atom stereocenters. The van der Waals surface area contributed by atoms with Crippen molar-refractivity contribution in [1.29, 1.82) is 0 Å². The molecule has 0 N–H and O–H groups in total. The van der Waals surface area contributed by atoms with Crippen LogP contribution in [-0.2, 0) is 6.42 Å². The van der Waals surface area contributed by atoms with Gasteiger partial charge < -0.3 is 4.74 Å². The molecule has 0 atom stereocenters. The van der Waals surface area contributed by atoms with E-state index in [1.807, 2.05) is 18.2 Å². The number of carbonyl (C=O) groups is 1. The molecule has 3 aromatic rings. The summed E-state index contributed by atoms with van der Waals surface area (Å²) in [6.07, 6.45) is 6.38. The number of ether oxygens (including phenoxy) is 1. The van der Waals surface area contributed by atoms with E-state index in [1.54, 1.807) is 24.4 Å². The van der Waals surface area contributed by atoms with Crippen LogP contribution in [-0.4, -0.2) is 11.0 Å². The van der Waals surface area contributed by atoms with Crippen LogP contribution in [0, 0.1) is 6.92 Å². The highest BCUT2D eigenvalue weighted by molar-refractivity contribution is 5.91. The van der Waals surface area contributed by atoms with Crippen LogP contribution >= 0.6 is 0 Å². The number of nitrogens with zero attached hydrogens (tertiary/aromatic N) is 1. The highest BCUT2D eigenvalue weighted by Crippen LogP contribution is 2.21. The fraction of sp³-hybridized carbons (Fsp3) is 0.250. The van der Waals surface area contributed by atoms with Crippen LogP contribution < -0.4 is 4.74 Å². The van der Waals surface area contributed by atoms with Gasteiger partial charge >= 0.3 is 5.97 Å². The Hall–Kier alpha value is -2.94. The quantitative estimate of drug-likeness (QED) is 0.383. The van der Waals surface area contributed by atoms with Crippen LogP contribution in [0.5, 0.6) is 5.88 Å². The first-order valence-electron chi connectivity index (χ1n) is 9.50. The average Bonchev–Trinajstić information content (AvgIpc) is 2.70. The Morgan fingerprint density at radius 1 is 0.889 bits per heavy atom. The average molecular weight is 359 g/mol.